The number of thiocarbonyl (C=S) groups is 1. The summed E-state index contributed by atoms with van der Waals surface area (Å²) in [7, 11) is 0. The van der Waals surface area contributed by atoms with E-state index >= 15 is 0 Å². The molecule has 0 bridgehead atoms. The highest BCUT2D eigenvalue weighted by atomic mass is 32.1. The quantitative estimate of drug-likeness (QED) is 0.355. The molecule has 0 amide bonds. The van der Waals surface area contributed by atoms with Crippen molar-refractivity contribution in [3.63, 3.8) is 0 Å². The lowest BCUT2D eigenvalue weighted by atomic mass is 9.87. The van der Waals surface area contributed by atoms with Gasteiger partial charge < -0.3 is 4.74 Å². The molecule has 0 saturated carbocycles. The van der Waals surface area contributed by atoms with Crippen LogP contribution >= 0.6 is 12.2 Å². The van der Waals surface area contributed by atoms with Gasteiger partial charge in [0, 0.05) is 5.37 Å². The molecule has 2 nitrogen and oxygen atoms in total. The molecule has 0 saturated heterocycles. The maximum absolute atomic E-state index is 11.4. The summed E-state index contributed by atoms with van der Waals surface area (Å²) in [6.07, 6.45) is 0. The first-order valence-corrected chi connectivity index (χ1v) is 5.78. The average Bonchev–Trinajstić information content (AvgIpc) is 2.27. The first kappa shape index (κ1) is 13.6. The lowest BCUT2D eigenvalue weighted by Gasteiger charge is -2.18. The van der Waals surface area contributed by atoms with Crippen LogP contribution in [0.2, 0.25) is 0 Å². The van der Waals surface area contributed by atoms with E-state index in [1.54, 1.807) is 12.1 Å². The largest absolute Gasteiger partial charge is 0.423 e. The van der Waals surface area contributed by atoms with Crippen molar-refractivity contribution in [1.29, 1.82) is 0 Å². The van der Waals surface area contributed by atoms with Gasteiger partial charge in [-0.1, -0.05) is 51.7 Å². The Kier molecular flexibility index (Phi) is 4.18. The van der Waals surface area contributed by atoms with E-state index in [2.05, 4.69) is 39.6 Å². The first-order valence-electron chi connectivity index (χ1n) is 5.31. The Balaban J connectivity index is 2.79. The summed E-state index contributed by atoms with van der Waals surface area (Å²) in [5, 5.41) is 1.21. The van der Waals surface area contributed by atoms with Crippen molar-refractivity contribution in [3.8, 4) is 5.75 Å². The maximum Gasteiger partial charge on any atom is 0.343 e. The number of hydrogen-bond donors (Lipinski definition) is 0. The molecule has 0 aliphatic carbocycles. The van der Waals surface area contributed by atoms with Crippen LogP contribution in [-0.2, 0) is 10.2 Å². The topological polar surface area (TPSA) is 26.3 Å². The minimum atomic E-state index is -0.511. The molecule has 17 heavy (non-hydrogen) atoms. The van der Waals surface area contributed by atoms with E-state index in [4.69, 9.17) is 4.74 Å². The van der Waals surface area contributed by atoms with Gasteiger partial charge in [0.1, 0.15) is 5.75 Å². The minimum Gasteiger partial charge on any atom is -0.423 e. The lowest BCUT2D eigenvalue weighted by Crippen LogP contribution is -2.12. The van der Waals surface area contributed by atoms with Gasteiger partial charge in [0.25, 0.3) is 0 Å². The molecular formula is C14H16O2S. The molecule has 0 fully saturated rings. The summed E-state index contributed by atoms with van der Waals surface area (Å²) in [5.74, 6) is -0.00971. The highest BCUT2D eigenvalue weighted by Crippen LogP contribution is 2.24. The Morgan fingerprint density at radius 1 is 1.29 bits per heavy atom. The number of carbonyl (C=O) groups excluding carboxylic acids is 1. The smallest absolute Gasteiger partial charge is 0.343 e. The Bertz CT molecular complexity index is 438. The lowest BCUT2D eigenvalue weighted by molar-refractivity contribution is -0.129. The Morgan fingerprint density at radius 3 is 2.24 bits per heavy atom. The van der Waals surface area contributed by atoms with Crippen molar-refractivity contribution in [3.05, 3.63) is 42.0 Å². The van der Waals surface area contributed by atoms with Crippen LogP contribution < -0.4 is 4.74 Å². The molecular weight excluding hydrogens is 232 g/mol. The summed E-state index contributed by atoms with van der Waals surface area (Å²) in [5.41, 5.74) is 1.45. The van der Waals surface area contributed by atoms with Crippen molar-refractivity contribution in [2.45, 2.75) is 26.2 Å². The minimum absolute atomic E-state index is 0.0839. The molecule has 0 spiro atoms. The van der Waals surface area contributed by atoms with Gasteiger partial charge >= 0.3 is 5.97 Å². The van der Waals surface area contributed by atoms with Crippen LogP contribution in [0, 0.1) is 0 Å². The fourth-order valence-corrected chi connectivity index (χ4v) is 1.34. The van der Waals surface area contributed by atoms with Crippen molar-refractivity contribution in [2.75, 3.05) is 0 Å². The van der Waals surface area contributed by atoms with Gasteiger partial charge in [-0.3, -0.25) is 0 Å². The molecule has 1 aromatic carbocycles. The van der Waals surface area contributed by atoms with Crippen molar-refractivity contribution in [1.82, 2.24) is 0 Å². The van der Waals surface area contributed by atoms with Crippen LogP contribution in [0.4, 0.5) is 0 Å². The zero-order chi connectivity index (χ0) is 13.1. The van der Waals surface area contributed by atoms with E-state index in [1.165, 1.54) is 10.9 Å². The second-order valence-corrected chi connectivity index (χ2v) is 5.04. The second kappa shape index (κ2) is 5.23. The third-order valence-electron chi connectivity index (χ3n) is 2.34. The van der Waals surface area contributed by atoms with Crippen molar-refractivity contribution in [2.24, 2.45) is 0 Å². The SMILES string of the molecule is C=C(C=S)C(=O)Oc1ccc(C(C)(C)C)cc1. The Hall–Kier alpha value is -1.48. The third kappa shape index (κ3) is 3.79. The van der Waals surface area contributed by atoms with E-state index in [9.17, 15) is 4.79 Å². The Morgan fingerprint density at radius 2 is 1.82 bits per heavy atom. The summed E-state index contributed by atoms with van der Waals surface area (Å²) in [6, 6.07) is 7.44. The van der Waals surface area contributed by atoms with Crippen LogP contribution in [-0.4, -0.2) is 11.3 Å². The van der Waals surface area contributed by atoms with E-state index in [-0.39, 0.29) is 11.0 Å². The van der Waals surface area contributed by atoms with Gasteiger partial charge in [-0.2, -0.15) is 0 Å². The molecule has 0 unspecified atom stereocenters. The van der Waals surface area contributed by atoms with Crippen LogP contribution in [0.3, 0.4) is 0 Å². The van der Waals surface area contributed by atoms with E-state index in [0.29, 0.717) is 5.75 Å². The van der Waals surface area contributed by atoms with Gasteiger partial charge in [0.2, 0.25) is 0 Å². The number of carbonyl (C=O) groups is 1. The molecule has 0 aromatic heterocycles. The normalized spacial score (nSPS) is 10.8. The Labute approximate surface area is 107 Å². The van der Waals surface area contributed by atoms with Gasteiger partial charge in [0.15, 0.2) is 0 Å². The number of rotatable bonds is 3. The van der Waals surface area contributed by atoms with Crippen LogP contribution in [0.1, 0.15) is 26.3 Å². The van der Waals surface area contributed by atoms with E-state index in [1.807, 2.05) is 12.1 Å². The average molecular weight is 248 g/mol. The summed E-state index contributed by atoms with van der Waals surface area (Å²) in [4.78, 5) is 11.4. The second-order valence-electron chi connectivity index (χ2n) is 4.81. The molecule has 1 rings (SSSR count). The van der Waals surface area contributed by atoms with Crippen molar-refractivity contribution < 1.29 is 9.53 Å². The van der Waals surface area contributed by atoms with Gasteiger partial charge in [0.05, 0.1) is 5.57 Å². The highest BCUT2D eigenvalue weighted by Gasteiger charge is 2.14. The van der Waals surface area contributed by atoms with Gasteiger partial charge in [-0.15, -0.1) is 0 Å². The summed E-state index contributed by atoms with van der Waals surface area (Å²) < 4.78 is 5.10. The molecule has 1 aromatic rings. The van der Waals surface area contributed by atoms with Crippen LogP contribution in [0.25, 0.3) is 0 Å². The van der Waals surface area contributed by atoms with E-state index < -0.39 is 5.97 Å². The maximum atomic E-state index is 11.4. The number of esters is 1. The molecule has 0 atom stereocenters. The summed E-state index contributed by atoms with van der Waals surface area (Å²) >= 11 is 4.61. The molecule has 90 valence electrons. The van der Waals surface area contributed by atoms with Gasteiger partial charge in [-0.25, -0.2) is 4.79 Å². The molecule has 3 heteroatoms. The standard InChI is InChI=1S/C14H16O2S/c1-10(9-17)13(15)16-12-7-5-11(6-8-12)14(2,3)4/h5-9H,1H2,2-4H3. The van der Waals surface area contributed by atoms with Crippen LogP contribution in [0.15, 0.2) is 36.4 Å². The number of ether oxygens (including phenoxy) is 1. The molecule has 0 N–H and O–H groups in total. The third-order valence-corrected chi connectivity index (χ3v) is 2.62. The summed E-state index contributed by atoms with van der Waals surface area (Å²) in [6.45, 7) is 9.87. The predicted octanol–water partition coefficient (Wildman–Crippen LogP) is 3.45. The molecule has 0 heterocycles. The molecule has 0 aliphatic heterocycles. The fourth-order valence-electron chi connectivity index (χ4n) is 1.24. The fraction of sp³-hybridized carbons (Fsp3) is 0.286. The number of hydrogen-bond acceptors (Lipinski definition) is 3. The first-order chi connectivity index (χ1) is 7.84. The van der Waals surface area contributed by atoms with E-state index in [0.717, 1.165) is 0 Å². The molecule has 0 radical (unpaired) electrons. The molecule has 0 aliphatic rings. The van der Waals surface area contributed by atoms with Gasteiger partial charge in [-0.05, 0) is 23.1 Å². The zero-order valence-corrected chi connectivity index (χ0v) is 11.1. The van der Waals surface area contributed by atoms with Crippen molar-refractivity contribution >= 4 is 23.6 Å². The monoisotopic (exact) mass is 248 g/mol. The number of benzene rings is 1. The highest BCUT2D eigenvalue weighted by molar-refractivity contribution is 7.79. The predicted molar refractivity (Wildman–Crippen MR) is 73.6 cm³/mol. The van der Waals surface area contributed by atoms with Crippen LogP contribution in [0.5, 0.6) is 5.75 Å². The zero-order valence-electron chi connectivity index (χ0n) is 10.3.